The zero-order valence-electron chi connectivity index (χ0n) is 9.85. The fourth-order valence-electron chi connectivity index (χ4n) is 1.93. The molecule has 2 aromatic rings. The topological polar surface area (TPSA) is 24.9 Å². The molecule has 0 saturated heterocycles. The molecule has 0 amide bonds. The van der Waals surface area contributed by atoms with Gasteiger partial charge in [-0.1, -0.05) is 13.3 Å². The summed E-state index contributed by atoms with van der Waals surface area (Å²) in [6.45, 7) is 2.12. The van der Waals surface area contributed by atoms with Gasteiger partial charge in [0.05, 0.1) is 5.52 Å². The van der Waals surface area contributed by atoms with Crippen LogP contribution < -0.4 is 5.32 Å². The lowest BCUT2D eigenvalue weighted by Crippen LogP contribution is -1.99. The minimum Gasteiger partial charge on any atom is -0.373 e. The molecule has 0 radical (unpaired) electrons. The molecule has 0 atom stereocenters. The molecule has 1 N–H and O–H groups in total. The molecule has 0 aliphatic heterocycles. The van der Waals surface area contributed by atoms with Crippen molar-refractivity contribution in [2.75, 3.05) is 12.4 Å². The van der Waals surface area contributed by atoms with Gasteiger partial charge in [0.2, 0.25) is 0 Å². The summed E-state index contributed by atoms with van der Waals surface area (Å²) in [5, 5.41) is 3.92. The zero-order valence-corrected chi connectivity index (χ0v) is 11.4. The second-order valence-corrected chi connectivity index (χ2v) is 4.81. The average molecular weight is 297 g/mol. The number of halogens is 2. The van der Waals surface area contributed by atoms with Crippen molar-refractivity contribution in [3.05, 3.63) is 34.1 Å². The van der Waals surface area contributed by atoms with Gasteiger partial charge in [-0.3, -0.25) is 0 Å². The van der Waals surface area contributed by atoms with Crippen molar-refractivity contribution in [3.63, 3.8) is 0 Å². The van der Waals surface area contributed by atoms with Gasteiger partial charge in [0.25, 0.3) is 0 Å². The Morgan fingerprint density at radius 1 is 1.35 bits per heavy atom. The SMILES string of the molecule is CCCc1cc2cc(F)cc(Br)c2nc1NC. The monoisotopic (exact) mass is 296 g/mol. The lowest BCUT2D eigenvalue weighted by atomic mass is 10.1. The number of rotatable bonds is 3. The Hall–Kier alpha value is -1.16. The summed E-state index contributed by atoms with van der Waals surface area (Å²) < 4.78 is 14.0. The molecule has 1 heterocycles. The highest BCUT2D eigenvalue weighted by atomic mass is 79.9. The van der Waals surface area contributed by atoms with Gasteiger partial charge >= 0.3 is 0 Å². The normalized spacial score (nSPS) is 10.8. The third-order valence-corrected chi connectivity index (χ3v) is 3.28. The first kappa shape index (κ1) is 12.3. The largest absolute Gasteiger partial charge is 0.373 e. The molecule has 0 fully saturated rings. The Bertz CT molecular complexity index is 555. The van der Waals surface area contributed by atoms with E-state index in [1.807, 2.05) is 13.1 Å². The van der Waals surface area contributed by atoms with Gasteiger partial charge < -0.3 is 5.32 Å². The molecular formula is C13H14BrFN2. The van der Waals surface area contributed by atoms with Crippen LogP contribution >= 0.6 is 15.9 Å². The Morgan fingerprint density at radius 2 is 2.12 bits per heavy atom. The van der Waals surface area contributed by atoms with Gasteiger partial charge in [-0.05, 0) is 46.1 Å². The molecule has 0 spiro atoms. The summed E-state index contributed by atoms with van der Waals surface area (Å²) in [6, 6.07) is 4.96. The van der Waals surface area contributed by atoms with Gasteiger partial charge in [-0.15, -0.1) is 0 Å². The van der Waals surface area contributed by atoms with Crippen molar-refractivity contribution in [1.82, 2.24) is 4.98 Å². The van der Waals surface area contributed by atoms with Gasteiger partial charge in [-0.25, -0.2) is 9.37 Å². The van der Waals surface area contributed by atoms with Crippen LogP contribution in [0.5, 0.6) is 0 Å². The van der Waals surface area contributed by atoms with Crippen LogP contribution in [0.3, 0.4) is 0 Å². The molecule has 0 unspecified atom stereocenters. The lowest BCUT2D eigenvalue weighted by molar-refractivity contribution is 0.629. The predicted molar refractivity (Wildman–Crippen MR) is 72.9 cm³/mol. The van der Waals surface area contributed by atoms with Crippen LogP contribution in [0.25, 0.3) is 10.9 Å². The summed E-state index contributed by atoms with van der Waals surface area (Å²) in [5.74, 6) is 0.623. The van der Waals surface area contributed by atoms with Crippen LogP contribution in [0.1, 0.15) is 18.9 Å². The molecule has 0 aliphatic carbocycles. The standard InChI is InChI=1S/C13H14BrFN2/c1-3-4-8-5-9-6-10(15)7-11(14)12(9)17-13(8)16-2/h5-7H,3-4H2,1-2H3,(H,16,17). The predicted octanol–water partition coefficient (Wildman–Crippen LogP) is 4.13. The van der Waals surface area contributed by atoms with E-state index in [0.29, 0.717) is 4.47 Å². The van der Waals surface area contributed by atoms with Crippen LogP contribution in [-0.4, -0.2) is 12.0 Å². The maximum absolute atomic E-state index is 13.3. The molecule has 0 bridgehead atoms. The van der Waals surface area contributed by atoms with Gasteiger partial charge in [0.1, 0.15) is 11.6 Å². The number of hydrogen-bond acceptors (Lipinski definition) is 2. The smallest absolute Gasteiger partial charge is 0.129 e. The van der Waals surface area contributed by atoms with E-state index in [9.17, 15) is 4.39 Å². The quantitative estimate of drug-likeness (QED) is 0.921. The Kier molecular flexibility index (Phi) is 3.62. The number of benzene rings is 1. The Balaban J connectivity index is 2.69. The van der Waals surface area contributed by atoms with Gasteiger partial charge in [0.15, 0.2) is 0 Å². The summed E-state index contributed by atoms with van der Waals surface area (Å²) >= 11 is 3.34. The second-order valence-electron chi connectivity index (χ2n) is 3.96. The number of aryl methyl sites for hydroxylation is 1. The number of pyridine rings is 1. The van der Waals surface area contributed by atoms with E-state index < -0.39 is 0 Å². The van der Waals surface area contributed by atoms with Crippen molar-refractivity contribution in [2.24, 2.45) is 0 Å². The Labute approximate surface area is 108 Å². The number of nitrogens with one attached hydrogen (secondary N) is 1. The first-order chi connectivity index (χ1) is 8.15. The number of fused-ring (bicyclic) bond motifs is 1. The lowest BCUT2D eigenvalue weighted by Gasteiger charge is -2.10. The van der Waals surface area contributed by atoms with Gasteiger partial charge in [0, 0.05) is 16.9 Å². The molecule has 1 aromatic carbocycles. The van der Waals surface area contributed by atoms with Crippen molar-refractivity contribution in [2.45, 2.75) is 19.8 Å². The molecule has 0 aliphatic rings. The van der Waals surface area contributed by atoms with E-state index in [0.717, 1.165) is 35.1 Å². The zero-order chi connectivity index (χ0) is 12.4. The summed E-state index contributed by atoms with van der Waals surface area (Å²) in [4.78, 5) is 4.53. The molecule has 0 saturated carbocycles. The third kappa shape index (κ3) is 2.41. The fraction of sp³-hybridized carbons (Fsp3) is 0.308. The molecule has 2 nitrogen and oxygen atoms in total. The molecule has 4 heteroatoms. The van der Waals surface area contributed by atoms with Crippen LogP contribution in [0.2, 0.25) is 0 Å². The minimum absolute atomic E-state index is 0.245. The molecule has 17 heavy (non-hydrogen) atoms. The van der Waals surface area contributed by atoms with Crippen molar-refractivity contribution < 1.29 is 4.39 Å². The molecule has 90 valence electrons. The Morgan fingerprint density at radius 3 is 2.76 bits per heavy atom. The van der Waals surface area contributed by atoms with Crippen LogP contribution in [0, 0.1) is 5.82 Å². The fourth-order valence-corrected chi connectivity index (χ4v) is 2.47. The molecular weight excluding hydrogens is 283 g/mol. The summed E-state index contributed by atoms with van der Waals surface area (Å²) in [7, 11) is 1.85. The van der Waals surface area contributed by atoms with Crippen molar-refractivity contribution >= 4 is 32.7 Å². The van der Waals surface area contributed by atoms with Crippen LogP contribution in [0.15, 0.2) is 22.7 Å². The van der Waals surface area contributed by atoms with Crippen molar-refractivity contribution in [1.29, 1.82) is 0 Å². The maximum Gasteiger partial charge on any atom is 0.129 e. The van der Waals surface area contributed by atoms with Gasteiger partial charge in [-0.2, -0.15) is 0 Å². The van der Waals surface area contributed by atoms with E-state index in [2.05, 4.69) is 33.2 Å². The van der Waals surface area contributed by atoms with Crippen LogP contribution in [-0.2, 0) is 6.42 Å². The maximum atomic E-state index is 13.3. The highest BCUT2D eigenvalue weighted by molar-refractivity contribution is 9.10. The minimum atomic E-state index is -0.245. The van der Waals surface area contributed by atoms with E-state index in [1.165, 1.54) is 12.1 Å². The number of hydrogen-bond donors (Lipinski definition) is 1. The summed E-state index contributed by atoms with van der Waals surface area (Å²) in [6.07, 6.45) is 1.98. The number of nitrogens with zero attached hydrogens (tertiary/aromatic N) is 1. The first-order valence-corrected chi connectivity index (χ1v) is 6.41. The highest BCUT2D eigenvalue weighted by Crippen LogP contribution is 2.28. The summed E-state index contributed by atoms with van der Waals surface area (Å²) in [5.41, 5.74) is 1.91. The number of aromatic nitrogens is 1. The van der Waals surface area contributed by atoms with E-state index >= 15 is 0 Å². The molecule has 1 aromatic heterocycles. The first-order valence-electron chi connectivity index (χ1n) is 5.62. The number of anilines is 1. The van der Waals surface area contributed by atoms with E-state index in [-0.39, 0.29) is 5.82 Å². The highest BCUT2D eigenvalue weighted by Gasteiger charge is 2.09. The third-order valence-electron chi connectivity index (χ3n) is 2.67. The van der Waals surface area contributed by atoms with E-state index in [4.69, 9.17) is 0 Å². The van der Waals surface area contributed by atoms with Crippen LogP contribution in [0.4, 0.5) is 10.2 Å². The van der Waals surface area contributed by atoms with Crippen molar-refractivity contribution in [3.8, 4) is 0 Å². The van der Waals surface area contributed by atoms with E-state index in [1.54, 1.807) is 0 Å². The molecule has 2 rings (SSSR count). The average Bonchev–Trinajstić information content (AvgIpc) is 2.28. The second kappa shape index (κ2) is 5.00.